The summed E-state index contributed by atoms with van der Waals surface area (Å²) in [6.45, 7) is 1.88. The zero-order valence-corrected chi connectivity index (χ0v) is 13.4. The Morgan fingerprint density at radius 3 is 2.39 bits per heavy atom. The number of rotatable bonds is 2. The highest BCUT2D eigenvalue weighted by molar-refractivity contribution is 6.33. The van der Waals surface area contributed by atoms with Gasteiger partial charge in [-0.25, -0.2) is 4.99 Å². The molecule has 0 spiro atoms. The molecular weight excluding hydrogens is 350 g/mol. The smallest absolute Gasteiger partial charge is 0.429 e. The molecule has 0 radical (unpaired) electrons. The highest BCUT2D eigenvalue weighted by atomic mass is 35.5. The van der Waals surface area contributed by atoms with E-state index in [2.05, 4.69) is 4.99 Å². The van der Waals surface area contributed by atoms with E-state index in [1.807, 2.05) is 13.0 Å². The molecule has 0 aliphatic carbocycles. The molecule has 2 aromatic rings. The minimum Gasteiger partial charge on any atom is -0.454 e. The van der Waals surface area contributed by atoms with Crippen LogP contribution in [-0.4, -0.2) is 11.9 Å². The SMILES string of the molecule is Cc1ccc(Oc2cc3c(cc2Cl)N=C(C(F)(F)F)C3)c(Cl)c1. The summed E-state index contributed by atoms with van der Waals surface area (Å²) in [5, 5.41) is 0.571. The van der Waals surface area contributed by atoms with E-state index in [9.17, 15) is 13.2 Å². The van der Waals surface area contributed by atoms with Crippen molar-refractivity contribution >= 4 is 34.6 Å². The van der Waals surface area contributed by atoms with Gasteiger partial charge in [0.15, 0.2) is 0 Å². The lowest BCUT2D eigenvalue weighted by atomic mass is 10.1. The van der Waals surface area contributed by atoms with Gasteiger partial charge in [-0.2, -0.15) is 13.2 Å². The minimum atomic E-state index is -4.45. The fraction of sp³-hybridized carbons (Fsp3) is 0.188. The molecule has 0 atom stereocenters. The molecule has 0 amide bonds. The second-order valence-electron chi connectivity index (χ2n) is 5.18. The van der Waals surface area contributed by atoms with Crippen molar-refractivity contribution in [3.8, 4) is 11.5 Å². The van der Waals surface area contributed by atoms with Gasteiger partial charge in [-0.05, 0) is 42.3 Å². The lowest BCUT2D eigenvalue weighted by Gasteiger charge is -2.11. The largest absolute Gasteiger partial charge is 0.454 e. The van der Waals surface area contributed by atoms with Gasteiger partial charge in [0.1, 0.15) is 17.2 Å². The molecule has 3 rings (SSSR count). The Morgan fingerprint density at radius 2 is 1.74 bits per heavy atom. The molecule has 0 saturated heterocycles. The molecule has 0 fully saturated rings. The number of benzene rings is 2. The number of hydrogen-bond acceptors (Lipinski definition) is 2. The molecule has 2 aromatic carbocycles. The van der Waals surface area contributed by atoms with Crippen molar-refractivity contribution in [1.29, 1.82) is 0 Å². The first kappa shape index (κ1) is 16.1. The highest BCUT2D eigenvalue weighted by Crippen LogP contribution is 2.41. The summed E-state index contributed by atoms with van der Waals surface area (Å²) >= 11 is 12.2. The van der Waals surface area contributed by atoms with E-state index < -0.39 is 11.9 Å². The monoisotopic (exact) mass is 359 g/mol. The number of alkyl halides is 3. The summed E-state index contributed by atoms with van der Waals surface area (Å²) in [6, 6.07) is 8.05. The average molecular weight is 360 g/mol. The van der Waals surface area contributed by atoms with Crippen LogP contribution in [-0.2, 0) is 6.42 Å². The summed E-state index contributed by atoms with van der Waals surface area (Å²) in [5.74, 6) is 0.629. The van der Waals surface area contributed by atoms with E-state index in [-0.39, 0.29) is 22.9 Å². The van der Waals surface area contributed by atoms with Crippen molar-refractivity contribution in [2.75, 3.05) is 0 Å². The van der Waals surface area contributed by atoms with Crippen molar-refractivity contribution in [1.82, 2.24) is 0 Å². The summed E-state index contributed by atoms with van der Waals surface area (Å²) in [5.41, 5.74) is 0.754. The molecule has 1 aliphatic rings. The molecule has 0 N–H and O–H groups in total. The van der Waals surface area contributed by atoms with Gasteiger partial charge in [0, 0.05) is 6.42 Å². The standard InChI is InChI=1S/C16H10Cl2F3NO/c1-8-2-3-13(10(17)4-8)23-14-5-9-6-15(16(19,20)21)22-12(9)7-11(14)18/h2-5,7H,6H2,1H3. The summed E-state index contributed by atoms with van der Waals surface area (Å²) in [4.78, 5) is 3.59. The Kier molecular flexibility index (Phi) is 4.02. The second-order valence-corrected chi connectivity index (χ2v) is 5.99. The van der Waals surface area contributed by atoms with Crippen LogP contribution in [0.3, 0.4) is 0 Å². The normalized spacial score (nSPS) is 13.7. The predicted octanol–water partition coefficient (Wildman–Crippen LogP) is 6.29. The van der Waals surface area contributed by atoms with Crippen LogP contribution in [0.4, 0.5) is 18.9 Å². The van der Waals surface area contributed by atoms with Crippen molar-refractivity contribution in [3.05, 3.63) is 51.5 Å². The highest BCUT2D eigenvalue weighted by Gasteiger charge is 2.38. The molecule has 0 unspecified atom stereocenters. The van der Waals surface area contributed by atoms with E-state index in [1.54, 1.807) is 12.1 Å². The molecule has 0 bridgehead atoms. The number of halogens is 5. The zero-order chi connectivity index (χ0) is 16.8. The third-order valence-corrected chi connectivity index (χ3v) is 3.97. The number of aliphatic imine (C=N–C) groups is 1. The third kappa shape index (κ3) is 3.31. The van der Waals surface area contributed by atoms with E-state index in [0.717, 1.165) is 5.56 Å². The number of ether oxygens (including phenoxy) is 1. The second kappa shape index (κ2) is 5.73. The van der Waals surface area contributed by atoms with Crippen LogP contribution in [0.15, 0.2) is 35.3 Å². The topological polar surface area (TPSA) is 21.6 Å². The van der Waals surface area contributed by atoms with Gasteiger partial charge in [0.05, 0.1) is 15.7 Å². The number of fused-ring (bicyclic) bond motifs is 1. The lowest BCUT2D eigenvalue weighted by Crippen LogP contribution is -2.22. The van der Waals surface area contributed by atoms with Crippen molar-refractivity contribution in [2.45, 2.75) is 19.5 Å². The van der Waals surface area contributed by atoms with Gasteiger partial charge in [-0.3, -0.25) is 0 Å². The zero-order valence-electron chi connectivity index (χ0n) is 11.8. The number of hydrogen-bond donors (Lipinski definition) is 0. The van der Waals surface area contributed by atoms with Gasteiger partial charge in [0.25, 0.3) is 0 Å². The number of aryl methyl sites for hydroxylation is 1. The van der Waals surface area contributed by atoms with E-state index in [0.29, 0.717) is 16.3 Å². The van der Waals surface area contributed by atoms with E-state index in [1.165, 1.54) is 12.1 Å². The van der Waals surface area contributed by atoms with E-state index in [4.69, 9.17) is 27.9 Å². The lowest BCUT2D eigenvalue weighted by molar-refractivity contribution is -0.0597. The first-order valence-corrected chi connectivity index (χ1v) is 7.41. The fourth-order valence-electron chi connectivity index (χ4n) is 2.24. The Hall–Kier alpha value is -1.72. The summed E-state index contributed by atoms with van der Waals surface area (Å²) < 4.78 is 43.9. The molecule has 1 aliphatic heterocycles. The Bertz CT molecular complexity index is 816. The van der Waals surface area contributed by atoms with Crippen LogP contribution in [0.1, 0.15) is 11.1 Å². The summed E-state index contributed by atoms with van der Waals surface area (Å²) in [6.07, 6.45) is -4.75. The number of nitrogens with zero attached hydrogens (tertiary/aromatic N) is 1. The minimum absolute atomic E-state index is 0.174. The Labute approximate surface area is 140 Å². The van der Waals surface area contributed by atoms with Crippen LogP contribution in [0.2, 0.25) is 10.0 Å². The first-order chi connectivity index (χ1) is 10.7. The van der Waals surface area contributed by atoms with Gasteiger partial charge in [0.2, 0.25) is 0 Å². The first-order valence-electron chi connectivity index (χ1n) is 6.65. The maximum atomic E-state index is 12.8. The average Bonchev–Trinajstić information content (AvgIpc) is 2.85. The van der Waals surface area contributed by atoms with Gasteiger partial charge in [-0.15, -0.1) is 0 Å². The Morgan fingerprint density at radius 1 is 1.04 bits per heavy atom. The van der Waals surface area contributed by atoms with Gasteiger partial charge in [-0.1, -0.05) is 29.3 Å². The maximum absolute atomic E-state index is 12.8. The maximum Gasteiger partial charge on any atom is 0.429 e. The Balaban J connectivity index is 1.91. The van der Waals surface area contributed by atoms with Crippen molar-refractivity contribution in [3.63, 3.8) is 0 Å². The van der Waals surface area contributed by atoms with Crippen LogP contribution in [0, 0.1) is 6.92 Å². The molecule has 120 valence electrons. The summed E-state index contributed by atoms with van der Waals surface area (Å²) in [7, 11) is 0. The molecule has 7 heteroatoms. The van der Waals surface area contributed by atoms with Crippen LogP contribution >= 0.6 is 23.2 Å². The third-order valence-electron chi connectivity index (χ3n) is 3.38. The molecule has 1 heterocycles. The van der Waals surface area contributed by atoms with Crippen molar-refractivity contribution in [2.24, 2.45) is 4.99 Å². The molecule has 23 heavy (non-hydrogen) atoms. The van der Waals surface area contributed by atoms with Gasteiger partial charge < -0.3 is 4.74 Å². The predicted molar refractivity (Wildman–Crippen MR) is 84.6 cm³/mol. The molecular formula is C16H10Cl2F3NO. The van der Waals surface area contributed by atoms with E-state index >= 15 is 0 Å². The van der Waals surface area contributed by atoms with Crippen LogP contribution in [0.25, 0.3) is 0 Å². The fourth-order valence-corrected chi connectivity index (χ4v) is 2.72. The van der Waals surface area contributed by atoms with Gasteiger partial charge >= 0.3 is 6.18 Å². The van der Waals surface area contributed by atoms with Crippen molar-refractivity contribution < 1.29 is 17.9 Å². The molecule has 0 aromatic heterocycles. The quantitative estimate of drug-likeness (QED) is 0.617. The molecule has 2 nitrogen and oxygen atoms in total. The van der Waals surface area contributed by atoms with Crippen LogP contribution in [0.5, 0.6) is 11.5 Å². The van der Waals surface area contributed by atoms with Crippen LogP contribution < -0.4 is 4.74 Å². The molecule has 0 saturated carbocycles.